The Morgan fingerprint density at radius 3 is 0.971 bits per heavy atom. The maximum atomic E-state index is 12.4. The highest BCUT2D eigenvalue weighted by Gasteiger charge is 2.25. The van der Waals surface area contributed by atoms with E-state index in [-0.39, 0.29) is 17.7 Å². The predicted octanol–water partition coefficient (Wildman–Crippen LogP) is 22.7. The molecule has 684 valence electrons. The summed E-state index contributed by atoms with van der Waals surface area (Å²) in [5.74, 6) is 2.60. The lowest BCUT2D eigenvalue weighted by Crippen LogP contribution is -2.27. The second-order valence-corrected chi connectivity index (χ2v) is 35.4. The van der Waals surface area contributed by atoms with Crippen LogP contribution in [0.4, 0.5) is 17.1 Å². The summed E-state index contributed by atoms with van der Waals surface area (Å²) < 4.78 is 0. The number of carbonyl (C=O) groups is 2. The number of benzene rings is 8. The Kier molecular flexibility index (Phi) is 23.9. The Hall–Kier alpha value is -18.6. The van der Waals surface area contributed by atoms with Gasteiger partial charge in [-0.1, -0.05) is 139 Å². The Bertz CT molecular complexity index is 8680. The van der Waals surface area contributed by atoms with Crippen LogP contribution in [0.2, 0.25) is 0 Å². The Morgan fingerprint density at radius 2 is 0.650 bits per heavy atom. The zero-order valence-electron chi connectivity index (χ0n) is 77.4. The van der Waals surface area contributed by atoms with Gasteiger partial charge in [0.25, 0.3) is 0 Å². The molecule has 0 atom stereocenters. The van der Waals surface area contributed by atoms with Crippen molar-refractivity contribution in [3.63, 3.8) is 0 Å². The third-order valence-electron chi connectivity index (χ3n) is 24.2. The van der Waals surface area contributed by atoms with Gasteiger partial charge >= 0.3 is 0 Å². The van der Waals surface area contributed by atoms with Gasteiger partial charge in [0.05, 0.1) is 102 Å². The molecule has 16 aromatic heterocycles. The monoisotopic (exact) mass is 1840 g/mol. The Morgan fingerprint density at radius 1 is 0.329 bits per heavy atom. The van der Waals surface area contributed by atoms with E-state index in [0.29, 0.717) is 23.0 Å². The van der Waals surface area contributed by atoms with Gasteiger partial charge in [0.15, 0.2) is 23.3 Å². The molecule has 24 rings (SSSR count). The highest BCUT2D eigenvalue weighted by Crippen LogP contribution is 2.41. The average molecular weight is 1840 g/mol. The summed E-state index contributed by atoms with van der Waals surface area (Å²) >= 11 is 0. The number of nitrogens with zero attached hydrogens (tertiary/aromatic N) is 17. The van der Waals surface area contributed by atoms with E-state index in [0.717, 1.165) is 236 Å². The number of amides is 2. The number of para-hydroxylation sites is 4. The highest BCUT2D eigenvalue weighted by molar-refractivity contribution is 6.05. The van der Waals surface area contributed by atoms with Gasteiger partial charge in [-0.15, -0.1) is 0 Å². The van der Waals surface area contributed by atoms with Crippen molar-refractivity contribution in [2.24, 2.45) is 11.3 Å². The molecule has 0 radical (unpaired) electrons. The van der Waals surface area contributed by atoms with Crippen LogP contribution in [0.15, 0.2) is 318 Å². The number of hydrogen-bond donors (Lipinski definition) is 11. The first kappa shape index (κ1) is 88.0. The van der Waals surface area contributed by atoms with Crippen molar-refractivity contribution in [1.29, 1.82) is 0 Å². The van der Waals surface area contributed by atoms with E-state index < -0.39 is 5.41 Å². The fourth-order valence-electron chi connectivity index (χ4n) is 16.9. The van der Waals surface area contributed by atoms with Crippen molar-refractivity contribution >= 4 is 117 Å². The zero-order chi connectivity index (χ0) is 95.5. The summed E-state index contributed by atoms with van der Waals surface area (Å²) in [6, 6.07) is 73.1. The number of anilines is 3. The van der Waals surface area contributed by atoms with Crippen LogP contribution in [0.5, 0.6) is 0 Å². The van der Waals surface area contributed by atoms with Gasteiger partial charge in [-0.25, -0.2) is 19.9 Å². The van der Waals surface area contributed by atoms with E-state index in [1.165, 1.54) is 0 Å². The van der Waals surface area contributed by atoms with E-state index in [1.54, 1.807) is 49.6 Å². The van der Waals surface area contributed by atoms with Crippen LogP contribution >= 0.6 is 0 Å². The highest BCUT2D eigenvalue weighted by atomic mass is 16.2. The first-order valence-corrected chi connectivity index (χ1v) is 45.7. The van der Waals surface area contributed by atoms with E-state index in [4.69, 9.17) is 19.9 Å². The first-order valence-electron chi connectivity index (χ1n) is 45.7. The molecule has 0 spiro atoms. The predicted molar refractivity (Wildman–Crippen MR) is 554 cm³/mol. The number of fused-ring (bicyclic) bond motifs is 8. The van der Waals surface area contributed by atoms with Crippen molar-refractivity contribution in [3.8, 4) is 135 Å². The number of hydrogen-bond acceptors (Lipinski definition) is 20. The zero-order valence-corrected chi connectivity index (χ0v) is 77.4. The van der Waals surface area contributed by atoms with Crippen molar-refractivity contribution in [3.05, 3.63) is 323 Å². The largest absolute Gasteiger partial charge is 0.376 e. The lowest BCUT2D eigenvalue weighted by Gasteiger charge is -2.17. The van der Waals surface area contributed by atoms with Gasteiger partial charge in [-0.3, -0.25) is 69.9 Å². The van der Waals surface area contributed by atoms with Crippen molar-refractivity contribution in [2.75, 3.05) is 36.2 Å². The van der Waals surface area contributed by atoms with Gasteiger partial charge in [0.2, 0.25) is 11.8 Å². The molecule has 11 N–H and O–H groups in total. The van der Waals surface area contributed by atoms with Crippen molar-refractivity contribution in [1.82, 2.24) is 126 Å². The number of aromatic amines is 8. The summed E-state index contributed by atoms with van der Waals surface area (Å²) in [6.45, 7) is 13.2. The fraction of sp³-hybridized carbons (Fsp3) is 0.109. The van der Waals surface area contributed by atoms with Crippen LogP contribution < -0.4 is 20.9 Å². The molecule has 0 aliphatic carbocycles. The molecule has 0 unspecified atom stereocenters. The minimum absolute atomic E-state index is 0.0444. The molecular weight excluding hydrogens is 1750 g/mol. The average Bonchev–Trinajstić information content (AvgIpc) is 1.63. The van der Waals surface area contributed by atoms with Crippen LogP contribution in [-0.4, -0.2) is 153 Å². The minimum Gasteiger partial charge on any atom is -0.376 e. The number of nitrogens with one attached hydrogen (secondary N) is 11. The van der Waals surface area contributed by atoms with Gasteiger partial charge < -0.3 is 40.8 Å². The molecule has 2 amide bonds. The Balaban J connectivity index is 0.000000111. The number of aromatic nitrogens is 24. The molecule has 0 fully saturated rings. The summed E-state index contributed by atoms with van der Waals surface area (Å²) in [5, 5.41) is 44.0. The molecule has 0 bridgehead atoms. The van der Waals surface area contributed by atoms with Crippen LogP contribution in [0.25, 0.3) is 223 Å². The van der Waals surface area contributed by atoms with Crippen LogP contribution in [0.3, 0.4) is 0 Å². The molecule has 30 nitrogen and oxygen atoms in total. The number of H-pyrrole nitrogens is 8. The van der Waals surface area contributed by atoms with Crippen LogP contribution in [-0.2, 0) is 16.1 Å². The standard InChI is InChI=1S/C29H25N7O.C28H23N7O.C27H23N7.C26H21N7/c1-29(2,3)28(37)32-20-12-19(15-31-16-20)17-9-10-23-22(13-17)26(36-35-23)27-33-24-8-4-7-21(25(24)34-27)18-6-5-11-30-14-18;1-16(2)28(36)31-20-11-19(14-30-15-20)17-8-9-23-22(12-17)26(35-34-23)27-32-24-7-3-6-21(25(24)33-27)18-5-4-10-29-13-18;1-2-28-13-17-11-20(16-30-14-17)18-8-9-23-22(12-18)26(34-33-23)27-31-24-7-3-6-21(25(24)32-27)19-5-4-10-29-15-19;1-33(2)19-11-18(14-28-15-19)16-8-9-22-21(12-16)25(32-31-22)26-29-23-7-3-6-20(24(23)30-26)17-5-4-10-27-13-17/h4-16H,1-3H3,(H,32,37)(H,33,34)(H,35,36);3-16H,1-2H3,(H,31,36)(H,32,33)(H,34,35);3-12,14-16,28H,2,13H2,1H3,(H,31,32)(H,33,34);3-15H,1-2H3,(H,29,30)(H,31,32). The summed E-state index contributed by atoms with van der Waals surface area (Å²) in [5.41, 5.74) is 33.3. The second kappa shape index (κ2) is 38.1. The molecule has 0 aliphatic rings. The number of carbonyl (C=O) groups excluding carboxylic acids is 2. The molecule has 0 saturated heterocycles. The van der Waals surface area contributed by atoms with Gasteiger partial charge in [-0.05, 0) is 156 Å². The number of pyridine rings is 8. The third kappa shape index (κ3) is 18.2. The maximum Gasteiger partial charge on any atom is 0.229 e. The molecule has 0 aliphatic heterocycles. The molecule has 16 heterocycles. The number of imidazole rings is 4. The van der Waals surface area contributed by atoms with E-state index in [2.05, 4.69) is 190 Å². The molecule has 0 saturated carbocycles. The SMILES string of the molecule is CC(C)(C)C(=O)Nc1cncc(-c2ccc3[nH]nc(-c4nc5c(-c6cccnc6)cccc5[nH]4)c3c2)c1.CC(C)C(=O)Nc1cncc(-c2ccc3[nH]nc(-c4nc5c(-c6cccnc6)cccc5[nH]4)c3c2)c1.CCNCc1cncc(-c2ccc3[nH]nc(-c4nc5c(-c6cccnc6)cccc5[nH]4)c3c2)c1.CN(C)c1cncc(-c2ccc3[nH]nc(-c4nc5c(-c6cccnc6)cccc5[nH]4)c3c2)c1. The van der Waals surface area contributed by atoms with Gasteiger partial charge in [-0.2, -0.15) is 20.4 Å². The normalized spacial score (nSPS) is 11.5. The molecular formula is C110H92N28O2. The molecule has 140 heavy (non-hydrogen) atoms. The van der Waals surface area contributed by atoms with Crippen molar-refractivity contribution < 1.29 is 9.59 Å². The minimum atomic E-state index is -0.496. The van der Waals surface area contributed by atoms with Crippen LogP contribution in [0.1, 0.15) is 47.1 Å². The second-order valence-electron chi connectivity index (χ2n) is 35.4. The summed E-state index contributed by atoms with van der Waals surface area (Å²) in [7, 11) is 4.03. The lowest BCUT2D eigenvalue weighted by molar-refractivity contribution is -0.123. The topological polar surface area (TPSA) is 406 Å². The summed E-state index contributed by atoms with van der Waals surface area (Å²) in [6.07, 6.45) is 28.9. The summed E-state index contributed by atoms with van der Waals surface area (Å²) in [4.78, 5) is 94.7. The van der Waals surface area contributed by atoms with E-state index in [9.17, 15) is 9.59 Å². The molecule has 30 heteroatoms. The van der Waals surface area contributed by atoms with E-state index >= 15 is 0 Å². The van der Waals surface area contributed by atoms with Gasteiger partial charge in [0.1, 0.15) is 22.8 Å². The quantitative estimate of drug-likeness (QED) is 0.0358. The first-order chi connectivity index (χ1) is 68.4. The lowest BCUT2D eigenvalue weighted by atomic mass is 9.95. The molecule has 8 aromatic carbocycles. The fourth-order valence-corrected chi connectivity index (χ4v) is 16.9. The smallest absolute Gasteiger partial charge is 0.229 e. The van der Waals surface area contributed by atoms with Crippen molar-refractivity contribution in [2.45, 2.75) is 48.1 Å². The molecule has 24 aromatic rings. The number of rotatable bonds is 19. The third-order valence-corrected chi connectivity index (χ3v) is 24.2. The maximum absolute atomic E-state index is 12.4. The van der Waals surface area contributed by atoms with Gasteiger partial charge in [0, 0.05) is 201 Å². The Labute approximate surface area is 801 Å². The van der Waals surface area contributed by atoms with E-state index in [1.807, 2.05) is 255 Å². The van der Waals surface area contributed by atoms with Crippen LogP contribution in [0, 0.1) is 11.3 Å².